The van der Waals surface area contributed by atoms with Crippen molar-refractivity contribution < 1.29 is 9.53 Å². The molecule has 2 heterocycles. The summed E-state index contributed by atoms with van der Waals surface area (Å²) in [5.41, 5.74) is 2.79. The second kappa shape index (κ2) is 8.81. The van der Waals surface area contributed by atoms with Crippen LogP contribution in [-0.2, 0) is 17.8 Å². The van der Waals surface area contributed by atoms with E-state index in [2.05, 4.69) is 16.4 Å². The van der Waals surface area contributed by atoms with Crippen molar-refractivity contribution in [1.82, 2.24) is 9.55 Å². The monoisotopic (exact) mass is 430 g/mol. The number of ether oxygens (including phenoxy) is 1. The fourth-order valence-corrected chi connectivity index (χ4v) is 4.17. The van der Waals surface area contributed by atoms with Crippen LogP contribution in [0.4, 0.5) is 5.69 Å². The minimum atomic E-state index is -0.330. The molecule has 1 amide bonds. The summed E-state index contributed by atoms with van der Waals surface area (Å²) in [5.74, 6) is 0.430. The highest BCUT2D eigenvalue weighted by atomic mass is 32.1. The molecule has 0 fully saturated rings. The Morgan fingerprint density at radius 3 is 2.61 bits per heavy atom. The van der Waals surface area contributed by atoms with E-state index < -0.39 is 0 Å². The van der Waals surface area contributed by atoms with E-state index in [9.17, 15) is 9.59 Å². The van der Waals surface area contributed by atoms with Crippen molar-refractivity contribution in [1.29, 1.82) is 5.26 Å². The second-order valence-corrected chi connectivity index (χ2v) is 7.86. The first kappa shape index (κ1) is 20.3. The third-order valence-corrected chi connectivity index (χ3v) is 5.87. The summed E-state index contributed by atoms with van der Waals surface area (Å²) >= 11 is 1.35. The first-order valence-electron chi connectivity index (χ1n) is 9.46. The Labute approximate surface area is 182 Å². The predicted molar refractivity (Wildman–Crippen MR) is 120 cm³/mol. The molecule has 0 saturated heterocycles. The summed E-state index contributed by atoms with van der Waals surface area (Å²) in [5, 5.41) is 11.5. The molecule has 154 valence electrons. The Morgan fingerprint density at radius 2 is 1.94 bits per heavy atom. The van der Waals surface area contributed by atoms with Crippen LogP contribution in [0.5, 0.6) is 5.75 Å². The number of rotatable bonds is 6. The van der Waals surface area contributed by atoms with Gasteiger partial charge >= 0.3 is 0 Å². The zero-order valence-electron chi connectivity index (χ0n) is 16.7. The standard InChI is InChI=1S/C23H18N4O3S/c1-30-18-8-4-16(5-9-18)20-12-19-22(31-20)23(29)27(14-25-19)13-21(28)26-17-6-2-15(3-7-17)10-11-24/h2-9,12,14H,10,13H2,1H3,(H,26,28). The molecule has 1 N–H and O–H groups in total. The predicted octanol–water partition coefficient (Wildman–Crippen LogP) is 3.84. The molecule has 0 unspecified atom stereocenters. The number of hydrogen-bond donors (Lipinski definition) is 1. The van der Waals surface area contributed by atoms with Gasteiger partial charge in [0.1, 0.15) is 17.0 Å². The van der Waals surface area contributed by atoms with Crippen molar-refractivity contribution in [3.8, 4) is 22.3 Å². The first-order valence-corrected chi connectivity index (χ1v) is 10.3. The number of nitrogens with one attached hydrogen (secondary N) is 1. The van der Waals surface area contributed by atoms with E-state index >= 15 is 0 Å². The minimum Gasteiger partial charge on any atom is -0.497 e. The Balaban J connectivity index is 1.52. The van der Waals surface area contributed by atoms with E-state index in [-0.39, 0.29) is 18.0 Å². The Hall–Kier alpha value is -3.96. The van der Waals surface area contributed by atoms with E-state index in [0.717, 1.165) is 21.8 Å². The molecule has 0 bridgehead atoms. The normalized spacial score (nSPS) is 10.6. The molecule has 0 aliphatic heterocycles. The molecule has 31 heavy (non-hydrogen) atoms. The van der Waals surface area contributed by atoms with Gasteiger partial charge in [0, 0.05) is 10.6 Å². The van der Waals surface area contributed by atoms with Crippen molar-refractivity contribution in [3.05, 3.63) is 76.8 Å². The quantitative estimate of drug-likeness (QED) is 0.501. The van der Waals surface area contributed by atoms with Crippen molar-refractivity contribution in [2.45, 2.75) is 13.0 Å². The molecule has 2 aromatic heterocycles. The number of nitriles is 1. The lowest BCUT2D eigenvalue weighted by Crippen LogP contribution is -2.27. The van der Waals surface area contributed by atoms with Crippen LogP contribution in [0.15, 0.2) is 65.7 Å². The number of carbonyl (C=O) groups excluding carboxylic acids is 1. The van der Waals surface area contributed by atoms with Crippen LogP contribution in [0, 0.1) is 11.3 Å². The van der Waals surface area contributed by atoms with Crippen LogP contribution >= 0.6 is 11.3 Å². The van der Waals surface area contributed by atoms with Crippen LogP contribution in [0.2, 0.25) is 0 Å². The largest absolute Gasteiger partial charge is 0.497 e. The Morgan fingerprint density at radius 1 is 1.19 bits per heavy atom. The van der Waals surface area contributed by atoms with Crippen molar-refractivity contribution in [2.24, 2.45) is 0 Å². The number of thiophene rings is 1. The molecule has 2 aromatic carbocycles. The number of benzene rings is 2. The SMILES string of the molecule is COc1ccc(-c2cc3ncn(CC(=O)Nc4ccc(CC#N)cc4)c(=O)c3s2)cc1. The molecule has 0 atom stereocenters. The fraction of sp³-hybridized carbons (Fsp3) is 0.130. The summed E-state index contributed by atoms with van der Waals surface area (Å²) in [6, 6.07) is 18.6. The second-order valence-electron chi connectivity index (χ2n) is 6.81. The molecule has 0 spiro atoms. The zero-order valence-corrected chi connectivity index (χ0v) is 17.5. The molecular formula is C23H18N4O3S. The lowest BCUT2D eigenvalue weighted by Gasteiger charge is -2.07. The van der Waals surface area contributed by atoms with E-state index in [1.165, 1.54) is 22.2 Å². The summed E-state index contributed by atoms with van der Waals surface area (Å²) in [7, 11) is 1.61. The van der Waals surface area contributed by atoms with Gasteiger partial charge in [-0.25, -0.2) is 4.98 Å². The maximum atomic E-state index is 12.9. The van der Waals surface area contributed by atoms with Crippen molar-refractivity contribution >= 4 is 33.1 Å². The molecule has 8 heteroatoms. The van der Waals surface area contributed by atoms with Gasteiger partial charge in [-0.05, 0) is 53.6 Å². The van der Waals surface area contributed by atoms with Gasteiger partial charge in [0.15, 0.2) is 0 Å². The lowest BCUT2D eigenvalue weighted by atomic mass is 10.1. The van der Waals surface area contributed by atoms with E-state index in [4.69, 9.17) is 10.00 Å². The third-order valence-electron chi connectivity index (χ3n) is 4.71. The van der Waals surface area contributed by atoms with Gasteiger partial charge in [0.2, 0.25) is 5.91 Å². The molecule has 0 radical (unpaired) electrons. The van der Waals surface area contributed by atoms with Crippen LogP contribution in [0.1, 0.15) is 5.56 Å². The van der Waals surface area contributed by atoms with Gasteiger partial charge in [-0.1, -0.05) is 12.1 Å². The number of aromatic nitrogens is 2. The smallest absolute Gasteiger partial charge is 0.271 e. The van der Waals surface area contributed by atoms with E-state index in [0.29, 0.717) is 22.3 Å². The molecule has 4 rings (SSSR count). The van der Waals surface area contributed by atoms with Gasteiger partial charge in [-0.3, -0.25) is 14.2 Å². The number of nitrogens with zero attached hydrogens (tertiary/aromatic N) is 3. The molecule has 4 aromatic rings. The van der Waals surface area contributed by atoms with Crippen LogP contribution < -0.4 is 15.6 Å². The van der Waals surface area contributed by atoms with Crippen molar-refractivity contribution in [3.63, 3.8) is 0 Å². The number of amides is 1. The Kier molecular flexibility index (Phi) is 5.78. The summed E-state index contributed by atoms with van der Waals surface area (Å²) in [4.78, 5) is 30.6. The maximum absolute atomic E-state index is 12.9. The molecular weight excluding hydrogens is 412 g/mol. The molecule has 7 nitrogen and oxygen atoms in total. The van der Waals surface area contributed by atoms with Crippen LogP contribution in [0.3, 0.4) is 0 Å². The number of methoxy groups -OCH3 is 1. The molecule has 0 saturated carbocycles. The van der Waals surface area contributed by atoms with Gasteiger partial charge < -0.3 is 10.1 Å². The average molecular weight is 430 g/mol. The minimum absolute atomic E-state index is 0.141. The zero-order chi connectivity index (χ0) is 21.8. The first-order chi connectivity index (χ1) is 15.1. The van der Waals surface area contributed by atoms with Gasteiger partial charge in [0.25, 0.3) is 5.56 Å². The van der Waals surface area contributed by atoms with E-state index in [1.54, 1.807) is 31.4 Å². The van der Waals surface area contributed by atoms with Gasteiger partial charge in [-0.2, -0.15) is 5.26 Å². The third kappa shape index (κ3) is 4.47. The molecule has 0 aliphatic carbocycles. The summed E-state index contributed by atoms with van der Waals surface area (Å²) in [6.07, 6.45) is 1.71. The van der Waals surface area contributed by atoms with Crippen LogP contribution in [-0.4, -0.2) is 22.6 Å². The summed E-state index contributed by atoms with van der Waals surface area (Å²) < 4.78 is 6.99. The number of hydrogen-bond acceptors (Lipinski definition) is 6. The molecule has 0 aliphatic rings. The number of carbonyl (C=O) groups is 1. The Bertz CT molecular complexity index is 1330. The topological polar surface area (TPSA) is 97.0 Å². The van der Waals surface area contributed by atoms with Crippen LogP contribution in [0.25, 0.3) is 20.7 Å². The van der Waals surface area contributed by atoms with Gasteiger partial charge in [0.05, 0.1) is 31.4 Å². The highest BCUT2D eigenvalue weighted by Gasteiger charge is 2.13. The maximum Gasteiger partial charge on any atom is 0.271 e. The highest BCUT2D eigenvalue weighted by molar-refractivity contribution is 7.22. The van der Waals surface area contributed by atoms with Crippen molar-refractivity contribution in [2.75, 3.05) is 12.4 Å². The van der Waals surface area contributed by atoms with E-state index in [1.807, 2.05) is 30.3 Å². The fourth-order valence-electron chi connectivity index (χ4n) is 3.11. The summed E-state index contributed by atoms with van der Waals surface area (Å²) in [6.45, 7) is -0.141. The van der Waals surface area contributed by atoms with Gasteiger partial charge in [-0.15, -0.1) is 11.3 Å². The lowest BCUT2D eigenvalue weighted by molar-refractivity contribution is -0.116. The number of anilines is 1. The highest BCUT2D eigenvalue weighted by Crippen LogP contribution is 2.31. The number of fused-ring (bicyclic) bond motifs is 1. The average Bonchev–Trinajstić information content (AvgIpc) is 3.22.